The molecule has 0 bridgehead atoms. The Hall–Kier alpha value is -2.86. The van der Waals surface area contributed by atoms with E-state index in [-0.39, 0.29) is 18.2 Å². The van der Waals surface area contributed by atoms with Crippen LogP contribution >= 0.6 is 11.6 Å². The number of nitrogens with one attached hydrogen (secondary N) is 2. The number of ether oxygens (including phenoxy) is 1. The van der Waals surface area contributed by atoms with Gasteiger partial charge in [0.2, 0.25) is 5.91 Å². The van der Waals surface area contributed by atoms with Crippen LogP contribution in [0.25, 0.3) is 0 Å². The van der Waals surface area contributed by atoms with E-state index in [1.54, 1.807) is 37.6 Å². The number of hydrogen-bond acceptors (Lipinski definition) is 4. The summed E-state index contributed by atoms with van der Waals surface area (Å²) in [4.78, 5) is 23.7. The van der Waals surface area contributed by atoms with Gasteiger partial charge in [-0.05, 0) is 48.4 Å². The van der Waals surface area contributed by atoms with E-state index in [0.29, 0.717) is 23.6 Å². The van der Waals surface area contributed by atoms with E-state index in [1.807, 2.05) is 24.3 Å². The van der Waals surface area contributed by atoms with Gasteiger partial charge in [0.1, 0.15) is 5.75 Å². The van der Waals surface area contributed by atoms with Crippen LogP contribution in [0.2, 0.25) is 5.02 Å². The molecular formula is C19H20ClN3O3. The van der Waals surface area contributed by atoms with Gasteiger partial charge in [0, 0.05) is 13.0 Å². The van der Waals surface area contributed by atoms with Crippen molar-refractivity contribution >= 4 is 29.6 Å². The van der Waals surface area contributed by atoms with Crippen LogP contribution in [-0.4, -0.2) is 31.7 Å². The second-order valence-electron chi connectivity index (χ2n) is 5.41. The number of hydrogen-bond donors (Lipinski definition) is 2. The van der Waals surface area contributed by atoms with Crippen LogP contribution in [0.15, 0.2) is 53.6 Å². The number of amides is 2. The van der Waals surface area contributed by atoms with Gasteiger partial charge in [-0.2, -0.15) is 5.10 Å². The highest BCUT2D eigenvalue weighted by molar-refractivity contribution is 6.33. The van der Waals surface area contributed by atoms with Gasteiger partial charge in [0.05, 0.1) is 23.9 Å². The quantitative estimate of drug-likeness (QED) is 0.424. The molecule has 136 valence electrons. The van der Waals surface area contributed by atoms with Crippen molar-refractivity contribution < 1.29 is 14.3 Å². The number of nitrogens with zero attached hydrogens (tertiary/aromatic N) is 1. The Morgan fingerprint density at radius 2 is 1.88 bits per heavy atom. The first-order chi connectivity index (χ1) is 12.6. The van der Waals surface area contributed by atoms with Crippen molar-refractivity contribution in [3.8, 4) is 5.75 Å². The minimum absolute atomic E-state index is 0.221. The smallest absolute Gasteiger partial charge is 0.252 e. The summed E-state index contributed by atoms with van der Waals surface area (Å²) < 4.78 is 5.07. The van der Waals surface area contributed by atoms with Crippen molar-refractivity contribution in [1.82, 2.24) is 10.7 Å². The van der Waals surface area contributed by atoms with Crippen LogP contribution in [0.4, 0.5) is 0 Å². The normalized spacial score (nSPS) is 10.5. The maximum atomic E-state index is 12.0. The third-order valence-corrected chi connectivity index (χ3v) is 3.83. The summed E-state index contributed by atoms with van der Waals surface area (Å²) >= 11 is 5.96. The van der Waals surface area contributed by atoms with Gasteiger partial charge in [-0.1, -0.05) is 23.7 Å². The van der Waals surface area contributed by atoms with E-state index >= 15 is 0 Å². The third-order valence-electron chi connectivity index (χ3n) is 3.50. The first kappa shape index (κ1) is 19.5. The molecule has 2 aromatic carbocycles. The maximum Gasteiger partial charge on any atom is 0.252 e. The highest BCUT2D eigenvalue weighted by atomic mass is 35.5. The number of carbonyl (C=O) groups excluding carboxylic acids is 2. The molecule has 0 fully saturated rings. The van der Waals surface area contributed by atoms with Crippen molar-refractivity contribution in [2.24, 2.45) is 5.10 Å². The molecule has 7 heteroatoms. The van der Waals surface area contributed by atoms with Crippen LogP contribution in [-0.2, 0) is 4.79 Å². The number of hydrazone groups is 1. The zero-order valence-electron chi connectivity index (χ0n) is 14.4. The van der Waals surface area contributed by atoms with E-state index in [1.165, 1.54) is 0 Å². The van der Waals surface area contributed by atoms with Gasteiger partial charge in [0.25, 0.3) is 5.91 Å². The van der Waals surface area contributed by atoms with Gasteiger partial charge in [0.15, 0.2) is 0 Å². The lowest BCUT2D eigenvalue weighted by atomic mass is 10.2. The van der Waals surface area contributed by atoms with Crippen molar-refractivity contribution in [1.29, 1.82) is 0 Å². The predicted octanol–water partition coefficient (Wildman–Crippen LogP) is 3.01. The summed E-state index contributed by atoms with van der Waals surface area (Å²) in [6, 6.07) is 14.1. The van der Waals surface area contributed by atoms with Crippen molar-refractivity contribution in [2.45, 2.75) is 12.8 Å². The number of benzene rings is 2. The Kier molecular flexibility index (Phi) is 7.64. The van der Waals surface area contributed by atoms with Crippen LogP contribution in [0, 0.1) is 0 Å². The lowest BCUT2D eigenvalue weighted by Crippen LogP contribution is -2.26. The lowest BCUT2D eigenvalue weighted by molar-refractivity contribution is -0.121. The third kappa shape index (κ3) is 6.22. The van der Waals surface area contributed by atoms with Crippen LogP contribution in [0.5, 0.6) is 5.75 Å². The molecule has 0 aliphatic heterocycles. The van der Waals surface area contributed by atoms with Gasteiger partial charge < -0.3 is 10.1 Å². The molecule has 2 rings (SSSR count). The molecule has 0 atom stereocenters. The van der Waals surface area contributed by atoms with Crippen molar-refractivity contribution in [2.75, 3.05) is 13.7 Å². The molecule has 0 radical (unpaired) electrons. The lowest BCUT2D eigenvalue weighted by Gasteiger charge is -2.06. The molecule has 0 aliphatic carbocycles. The van der Waals surface area contributed by atoms with Crippen LogP contribution in [0.3, 0.4) is 0 Å². The second kappa shape index (κ2) is 10.2. The highest BCUT2D eigenvalue weighted by Gasteiger charge is 2.08. The molecule has 2 N–H and O–H groups in total. The van der Waals surface area contributed by atoms with Crippen LogP contribution in [0.1, 0.15) is 28.8 Å². The molecule has 0 spiro atoms. The number of halogens is 1. The molecule has 2 amide bonds. The number of rotatable bonds is 8. The van der Waals surface area contributed by atoms with Gasteiger partial charge in [-0.3, -0.25) is 9.59 Å². The van der Waals surface area contributed by atoms with Gasteiger partial charge in [-0.25, -0.2) is 5.43 Å². The molecule has 0 saturated carbocycles. The Balaban J connectivity index is 1.66. The molecule has 0 aromatic heterocycles. The number of carbonyl (C=O) groups is 2. The Bertz CT molecular complexity index is 776. The molecule has 0 saturated heterocycles. The molecular weight excluding hydrogens is 354 g/mol. The zero-order valence-corrected chi connectivity index (χ0v) is 15.1. The summed E-state index contributed by atoms with van der Waals surface area (Å²) in [5, 5.41) is 7.03. The standard InChI is InChI=1S/C19H20ClN3O3/c1-26-15-10-8-14(9-11-15)13-22-23-18(24)7-4-12-21-19(25)16-5-2-3-6-17(16)20/h2-3,5-6,8-11,13H,4,7,12H2,1H3,(H,21,25)(H,23,24). The molecule has 2 aromatic rings. The fraction of sp³-hybridized carbons (Fsp3) is 0.211. The summed E-state index contributed by atoms with van der Waals surface area (Å²) in [7, 11) is 1.60. The number of methoxy groups -OCH3 is 1. The Morgan fingerprint density at radius 1 is 1.15 bits per heavy atom. The summed E-state index contributed by atoms with van der Waals surface area (Å²) in [5.41, 5.74) is 3.72. The molecule has 26 heavy (non-hydrogen) atoms. The summed E-state index contributed by atoms with van der Waals surface area (Å²) in [6.07, 6.45) is 2.30. The molecule has 6 nitrogen and oxygen atoms in total. The fourth-order valence-corrected chi connectivity index (χ4v) is 2.34. The Morgan fingerprint density at radius 3 is 2.58 bits per heavy atom. The summed E-state index contributed by atoms with van der Waals surface area (Å²) in [5.74, 6) is 0.278. The minimum atomic E-state index is -0.256. The predicted molar refractivity (Wildman–Crippen MR) is 102 cm³/mol. The average Bonchev–Trinajstić information content (AvgIpc) is 2.66. The van der Waals surface area contributed by atoms with Crippen LogP contribution < -0.4 is 15.5 Å². The second-order valence-corrected chi connectivity index (χ2v) is 5.81. The van der Waals surface area contributed by atoms with E-state index in [0.717, 1.165) is 11.3 Å². The zero-order chi connectivity index (χ0) is 18.8. The van der Waals surface area contributed by atoms with Crippen molar-refractivity contribution in [3.05, 3.63) is 64.7 Å². The van der Waals surface area contributed by atoms with E-state index in [2.05, 4.69) is 15.8 Å². The first-order valence-corrected chi connectivity index (χ1v) is 8.46. The maximum absolute atomic E-state index is 12.0. The van der Waals surface area contributed by atoms with Gasteiger partial charge >= 0.3 is 0 Å². The van der Waals surface area contributed by atoms with Gasteiger partial charge in [-0.15, -0.1) is 0 Å². The van der Waals surface area contributed by atoms with Crippen molar-refractivity contribution in [3.63, 3.8) is 0 Å². The largest absolute Gasteiger partial charge is 0.497 e. The fourth-order valence-electron chi connectivity index (χ4n) is 2.12. The molecule has 0 unspecified atom stereocenters. The Labute approximate surface area is 157 Å². The average molecular weight is 374 g/mol. The monoisotopic (exact) mass is 373 g/mol. The molecule has 0 heterocycles. The van der Waals surface area contributed by atoms with E-state index in [9.17, 15) is 9.59 Å². The topological polar surface area (TPSA) is 79.8 Å². The van der Waals surface area contributed by atoms with E-state index < -0.39 is 0 Å². The SMILES string of the molecule is COc1ccc(C=NNC(=O)CCCNC(=O)c2ccccc2Cl)cc1. The summed E-state index contributed by atoms with van der Waals surface area (Å²) in [6.45, 7) is 0.375. The van der Waals surface area contributed by atoms with E-state index in [4.69, 9.17) is 16.3 Å². The minimum Gasteiger partial charge on any atom is -0.497 e. The molecule has 0 aliphatic rings. The first-order valence-electron chi connectivity index (χ1n) is 8.09. The highest BCUT2D eigenvalue weighted by Crippen LogP contribution is 2.14.